The van der Waals surface area contributed by atoms with Gasteiger partial charge < -0.3 is 10.2 Å². The zero-order chi connectivity index (χ0) is 13.9. The minimum Gasteiger partial charge on any atom is -0.319 e. The molecule has 2 amide bonds. The highest BCUT2D eigenvalue weighted by atomic mass is 16.2. The van der Waals surface area contributed by atoms with Gasteiger partial charge in [-0.15, -0.1) is 0 Å². The predicted octanol–water partition coefficient (Wildman–Crippen LogP) is 1.18. The lowest BCUT2D eigenvalue weighted by molar-refractivity contribution is -0.117. The molecule has 0 atom stereocenters. The molecule has 2 heterocycles. The van der Waals surface area contributed by atoms with Crippen LogP contribution < -0.4 is 10.2 Å². The SMILES string of the molecule is O=C(Nc1ccc(N2CCCC2=O)cc1)c1ncn[nH]1. The summed E-state index contributed by atoms with van der Waals surface area (Å²) in [5.41, 5.74) is 1.49. The number of carbonyl (C=O) groups excluding carboxylic acids is 2. The van der Waals surface area contributed by atoms with Crippen LogP contribution in [0.15, 0.2) is 30.6 Å². The maximum Gasteiger partial charge on any atom is 0.292 e. The molecule has 1 fully saturated rings. The van der Waals surface area contributed by atoms with Crippen LogP contribution in [0.4, 0.5) is 11.4 Å². The van der Waals surface area contributed by atoms with E-state index < -0.39 is 0 Å². The molecule has 0 radical (unpaired) electrons. The molecule has 1 aromatic heterocycles. The van der Waals surface area contributed by atoms with Gasteiger partial charge in [0.2, 0.25) is 11.7 Å². The Hall–Kier alpha value is -2.70. The third kappa shape index (κ3) is 2.37. The summed E-state index contributed by atoms with van der Waals surface area (Å²) in [6.07, 6.45) is 2.77. The van der Waals surface area contributed by atoms with Crippen molar-refractivity contribution < 1.29 is 9.59 Å². The Morgan fingerprint density at radius 3 is 2.70 bits per heavy atom. The molecule has 2 N–H and O–H groups in total. The molecule has 1 aliphatic heterocycles. The molecule has 0 unspecified atom stereocenters. The maximum atomic E-state index is 11.8. The molecule has 0 bridgehead atoms. The van der Waals surface area contributed by atoms with Crippen LogP contribution in [0, 0.1) is 0 Å². The van der Waals surface area contributed by atoms with E-state index in [2.05, 4.69) is 20.5 Å². The quantitative estimate of drug-likeness (QED) is 0.877. The second-order valence-corrected chi connectivity index (χ2v) is 4.48. The Labute approximate surface area is 115 Å². The summed E-state index contributed by atoms with van der Waals surface area (Å²) in [6, 6.07) is 7.16. The Morgan fingerprint density at radius 1 is 1.30 bits per heavy atom. The number of carbonyl (C=O) groups is 2. The molecule has 1 saturated heterocycles. The minimum absolute atomic E-state index is 0.142. The summed E-state index contributed by atoms with van der Waals surface area (Å²) in [4.78, 5) is 28.9. The third-order valence-electron chi connectivity index (χ3n) is 3.14. The second kappa shape index (κ2) is 5.12. The fraction of sp³-hybridized carbons (Fsp3) is 0.231. The van der Waals surface area contributed by atoms with Crippen LogP contribution in [-0.2, 0) is 4.79 Å². The zero-order valence-corrected chi connectivity index (χ0v) is 10.7. The Morgan fingerprint density at radius 2 is 2.10 bits per heavy atom. The van der Waals surface area contributed by atoms with E-state index in [0.717, 1.165) is 18.7 Å². The number of hydrogen-bond acceptors (Lipinski definition) is 4. The molecule has 102 valence electrons. The van der Waals surface area contributed by atoms with Gasteiger partial charge in [-0.25, -0.2) is 4.98 Å². The van der Waals surface area contributed by atoms with Crippen LogP contribution in [0.3, 0.4) is 0 Å². The Bertz CT molecular complexity index is 621. The summed E-state index contributed by atoms with van der Waals surface area (Å²) >= 11 is 0. The van der Waals surface area contributed by atoms with Gasteiger partial charge in [0.25, 0.3) is 5.91 Å². The molecular weight excluding hydrogens is 258 g/mol. The summed E-state index contributed by atoms with van der Waals surface area (Å²) in [5, 5.41) is 8.81. The van der Waals surface area contributed by atoms with Crippen LogP contribution in [0.25, 0.3) is 0 Å². The van der Waals surface area contributed by atoms with E-state index in [9.17, 15) is 9.59 Å². The predicted molar refractivity (Wildman–Crippen MR) is 72.4 cm³/mol. The van der Waals surface area contributed by atoms with Crippen molar-refractivity contribution >= 4 is 23.2 Å². The lowest BCUT2D eigenvalue weighted by Crippen LogP contribution is -2.23. The van der Waals surface area contributed by atoms with E-state index in [4.69, 9.17) is 0 Å². The fourth-order valence-corrected chi connectivity index (χ4v) is 2.15. The largest absolute Gasteiger partial charge is 0.319 e. The monoisotopic (exact) mass is 271 g/mol. The number of amides is 2. The first-order valence-electron chi connectivity index (χ1n) is 6.31. The van der Waals surface area contributed by atoms with Crippen LogP contribution in [0.1, 0.15) is 23.5 Å². The summed E-state index contributed by atoms with van der Waals surface area (Å²) in [7, 11) is 0. The molecule has 20 heavy (non-hydrogen) atoms. The zero-order valence-electron chi connectivity index (χ0n) is 10.7. The average molecular weight is 271 g/mol. The molecule has 7 nitrogen and oxygen atoms in total. The van der Waals surface area contributed by atoms with Gasteiger partial charge in [0, 0.05) is 24.3 Å². The Kier molecular flexibility index (Phi) is 3.16. The van der Waals surface area contributed by atoms with Gasteiger partial charge in [-0.3, -0.25) is 14.7 Å². The van der Waals surface area contributed by atoms with E-state index in [1.165, 1.54) is 6.33 Å². The number of aromatic amines is 1. The van der Waals surface area contributed by atoms with Crippen LogP contribution in [-0.4, -0.2) is 33.5 Å². The molecular formula is C13H13N5O2. The van der Waals surface area contributed by atoms with Gasteiger partial charge in [0.1, 0.15) is 6.33 Å². The number of benzene rings is 1. The number of rotatable bonds is 3. The molecule has 7 heteroatoms. The molecule has 0 saturated carbocycles. The van der Waals surface area contributed by atoms with Crippen LogP contribution >= 0.6 is 0 Å². The average Bonchev–Trinajstić information content (AvgIpc) is 3.11. The van der Waals surface area contributed by atoms with Crippen molar-refractivity contribution in [2.75, 3.05) is 16.8 Å². The van der Waals surface area contributed by atoms with Gasteiger partial charge in [-0.05, 0) is 30.7 Å². The van der Waals surface area contributed by atoms with Crippen molar-refractivity contribution in [2.24, 2.45) is 0 Å². The van der Waals surface area contributed by atoms with Gasteiger partial charge in [0.05, 0.1) is 0 Å². The summed E-state index contributed by atoms with van der Waals surface area (Å²) < 4.78 is 0. The van der Waals surface area contributed by atoms with Gasteiger partial charge >= 0.3 is 0 Å². The highest BCUT2D eigenvalue weighted by Crippen LogP contribution is 2.23. The molecule has 0 aliphatic carbocycles. The number of aromatic nitrogens is 3. The van der Waals surface area contributed by atoms with Crippen LogP contribution in [0.2, 0.25) is 0 Å². The number of hydrogen-bond donors (Lipinski definition) is 2. The first kappa shape index (κ1) is 12.3. The van der Waals surface area contributed by atoms with Crippen molar-refractivity contribution in [1.29, 1.82) is 0 Å². The van der Waals surface area contributed by atoms with E-state index in [0.29, 0.717) is 12.1 Å². The fourth-order valence-electron chi connectivity index (χ4n) is 2.15. The van der Waals surface area contributed by atoms with Gasteiger partial charge in [-0.1, -0.05) is 0 Å². The minimum atomic E-state index is -0.354. The topological polar surface area (TPSA) is 91.0 Å². The molecule has 1 aromatic carbocycles. The van der Waals surface area contributed by atoms with Crippen molar-refractivity contribution in [3.63, 3.8) is 0 Å². The smallest absolute Gasteiger partial charge is 0.292 e. The molecule has 3 rings (SSSR count). The normalized spacial score (nSPS) is 14.6. The van der Waals surface area contributed by atoms with Crippen LogP contribution in [0.5, 0.6) is 0 Å². The molecule has 1 aliphatic rings. The summed E-state index contributed by atoms with van der Waals surface area (Å²) in [6.45, 7) is 0.753. The first-order valence-corrected chi connectivity index (χ1v) is 6.31. The van der Waals surface area contributed by atoms with Crippen molar-refractivity contribution in [2.45, 2.75) is 12.8 Å². The lowest BCUT2D eigenvalue weighted by Gasteiger charge is -2.15. The van der Waals surface area contributed by atoms with Gasteiger partial charge in [0.15, 0.2) is 0 Å². The van der Waals surface area contributed by atoms with Crippen molar-refractivity contribution in [1.82, 2.24) is 15.2 Å². The number of anilines is 2. The highest BCUT2D eigenvalue weighted by Gasteiger charge is 2.21. The third-order valence-corrected chi connectivity index (χ3v) is 3.14. The highest BCUT2D eigenvalue weighted by molar-refractivity contribution is 6.01. The number of H-pyrrole nitrogens is 1. The van der Waals surface area contributed by atoms with Crippen molar-refractivity contribution in [3.8, 4) is 0 Å². The second-order valence-electron chi connectivity index (χ2n) is 4.48. The molecule has 0 spiro atoms. The van der Waals surface area contributed by atoms with E-state index in [-0.39, 0.29) is 17.6 Å². The maximum absolute atomic E-state index is 11.8. The number of nitrogens with one attached hydrogen (secondary N) is 2. The van der Waals surface area contributed by atoms with E-state index in [1.54, 1.807) is 17.0 Å². The standard InChI is InChI=1S/C13H13N5O2/c19-11-2-1-7-18(11)10-5-3-9(4-6-10)16-13(20)12-14-8-15-17-12/h3-6,8H,1-2,7H2,(H,16,20)(H,14,15,17). The summed E-state index contributed by atoms with van der Waals surface area (Å²) in [5.74, 6) is -0.0558. The van der Waals surface area contributed by atoms with E-state index >= 15 is 0 Å². The van der Waals surface area contributed by atoms with E-state index in [1.807, 2.05) is 12.1 Å². The van der Waals surface area contributed by atoms with Crippen molar-refractivity contribution in [3.05, 3.63) is 36.4 Å². The molecule has 2 aromatic rings. The lowest BCUT2D eigenvalue weighted by atomic mass is 10.2. The van der Waals surface area contributed by atoms with Gasteiger partial charge in [-0.2, -0.15) is 5.10 Å². The first-order chi connectivity index (χ1) is 9.74. The Balaban J connectivity index is 1.70. The number of nitrogens with zero attached hydrogens (tertiary/aromatic N) is 3.